The highest BCUT2D eigenvalue weighted by Crippen LogP contribution is 2.37. The lowest BCUT2D eigenvalue weighted by atomic mass is 9.95. The number of carbonyl (C=O) groups excluding carboxylic acids is 1. The highest BCUT2D eigenvalue weighted by Gasteiger charge is 2.17. The zero-order chi connectivity index (χ0) is 15.7. The van der Waals surface area contributed by atoms with Crippen LogP contribution in [0.25, 0.3) is 22.3 Å². The Morgan fingerprint density at radius 2 is 1.95 bits per heavy atom. The second kappa shape index (κ2) is 6.40. The molecule has 2 nitrogen and oxygen atoms in total. The monoisotopic (exact) mass is 439 g/mol. The molecule has 3 aromatic rings. The van der Waals surface area contributed by atoms with Gasteiger partial charge in [-0.3, -0.25) is 4.79 Å². The molecular formula is C17H11ClINOS. The number of hydrogen-bond donors (Lipinski definition) is 1. The van der Waals surface area contributed by atoms with Gasteiger partial charge in [0.15, 0.2) is 0 Å². The van der Waals surface area contributed by atoms with Gasteiger partial charge in [-0.05, 0) is 74.3 Å². The summed E-state index contributed by atoms with van der Waals surface area (Å²) in [5.41, 5.74) is 10.0. The number of halogens is 2. The molecular weight excluding hydrogens is 429 g/mol. The van der Waals surface area contributed by atoms with Crippen LogP contribution >= 0.6 is 45.5 Å². The topological polar surface area (TPSA) is 43.1 Å². The van der Waals surface area contributed by atoms with Crippen molar-refractivity contribution in [1.29, 1.82) is 0 Å². The molecule has 110 valence electrons. The van der Waals surface area contributed by atoms with Crippen LogP contribution in [0.1, 0.15) is 10.4 Å². The van der Waals surface area contributed by atoms with Gasteiger partial charge >= 0.3 is 0 Å². The Morgan fingerprint density at radius 3 is 2.59 bits per heavy atom. The molecule has 0 radical (unpaired) electrons. The van der Waals surface area contributed by atoms with Crippen molar-refractivity contribution in [2.75, 3.05) is 0 Å². The first-order chi connectivity index (χ1) is 10.6. The number of nitrogens with two attached hydrogens (primary N) is 1. The van der Waals surface area contributed by atoms with Crippen molar-refractivity contribution in [3.8, 4) is 22.3 Å². The van der Waals surface area contributed by atoms with E-state index in [1.807, 2.05) is 47.2 Å². The zero-order valence-corrected chi connectivity index (χ0v) is 15.1. The van der Waals surface area contributed by atoms with E-state index in [4.69, 9.17) is 17.3 Å². The minimum Gasteiger partial charge on any atom is -0.366 e. The molecule has 5 heteroatoms. The Balaban J connectivity index is 2.27. The maximum atomic E-state index is 11.8. The molecule has 0 saturated carbocycles. The van der Waals surface area contributed by atoms with Crippen LogP contribution in [0, 0.1) is 3.57 Å². The number of primary amides is 1. The van der Waals surface area contributed by atoms with E-state index in [9.17, 15) is 4.79 Å². The molecule has 1 heterocycles. The third kappa shape index (κ3) is 2.91. The maximum absolute atomic E-state index is 11.8. The van der Waals surface area contributed by atoms with Crippen molar-refractivity contribution in [1.82, 2.24) is 0 Å². The molecule has 2 N–H and O–H groups in total. The van der Waals surface area contributed by atoms with Gasteiger partial charge < -0.3 is 5.73 Å². The Bertz CT molecular complexity index is 846. The number of benzene rings is 2. The lowest BCUT2D eigenvalue weighted by Crippen LogP contribution is -2.13. The fourth-order valence-electron chi connectivity index (χ4n) is 2.35. The standard InChI is InChI=1S/C17H11ClINOS/c18-12-3-1-2-10(8-12)13-4-5-14(17(20)21)15(16(13)19)11-6-7-22-9-11/h1-9H,(H2,20,21). The number of thiophene rings is 1. The van der Waals surface area contributed by atoms with E-state index in [-0.39, 0.29) is 0 Å². The normalized spacial score (nSPS) is 10.6. The molecule has 0 spiro atoms. The van der Waals surface area contributed by atoms with Gasteiger partial charge in [-0.25, -0.2) is 0 Å². The van der Waals surface area contributed by atoms with Gasteiger partial charge in [0.05, 0.1) is 0 Å². The summed E-state index contributed by atoms with van der Waals surface area (Å²) >= 11 is 9.95. The minimum absolute atomic E-state index is 0.420. The van der Waals surface area contributed by atoms with Crippen LogP contribution in [0.4, 0.5) is 0 Å². The van der Waals surface area contributed by atoms with Gasteiger partial charge in [0, 0.05) is 19.7 Å². The second-order valence-corrected chi connectivity index (χ2v) is 7.03. The highest BCUT2D eigenvalue weighted by atomic mass is 127. The molecule has 0 atom stereocenters. The van der Waals surface area contributed by atoms with E-state index in [1.165, 1.54) is 0 Å². The number of amides is 1. The predicted octanol–water partition coefficient (Wildman–Crippen LogP) is 5.44. The summed E-state index contributed by atoms with van der Waals surface area (Å²) in [6, 6.07) is 13.4. The average Bonchev–Trinajstić information content (AvgIpc) is 3.00. The van der Waals surface area contributed by atoms with Gasteiger partial charge in [-0.2, -0.15) is 11.3 Å². The second-order valence-electron chi connectivity index (χ2n) is 4.74. The first kappa shape index (κ1) is 15.5. The molecule has 0 fully saturated rings. The molecule has 3 rings (SSSR count). The SMILES string of the molecule is NC(=O)c1ccc(-c2cccc(Cl)c2)c(I)c1-c1ccsc1. The van der Waals surface area contributed by atoms with Gasteiger partial charge in [-0.15, -0.1) is 0 Å². The molecule has 1 amide bonds. The third-order valence-electron chi connectivity index (χ3n) is 3.35. The summed E-state index contributed by atoms with van der Waals surface area (Å²) in [5.74, 6) is -0.420. The number of carbonyl (C=O) groups is 1. The maximum Gasteiger partial charge on any atom is 0.249 e. The molecule has 0 aliphatic carbocycles. The van der Waals surface area contributed by atoms with Crippen LogP contribution in [0.3, 0.4) is 0 Å². The quantitative estimate of drug-likeness (QED) is 0.543. The molecule has 2 aromatic carbocycles. The number of hydrogen-bond acceptors (Lipinski definition) is 2. The molecule has 22 heavy (non-hydrogen) atoms. The van der Waals surface area contributed by atoms with E-state index >= 15 is 0 Å². The summed E-state index contributed by atoms with van der Waals surface area (Å²) < 4.78 is 0.995. The van der Waals surface area contributed by atoms with Crippen molar-refractivity contribution >= 4 is 51.4 Å². The molecule has 0 saturated heterocycles. The Morgan fingerprint density at radius 1 is 1.14 bits per heavy atom. The van der Waals surface area contributed by atoms with E-state index in [1.54, 1.807) is 17.4 Å². The highest BCUT2D eigenvalue weighted by molar-refractivity contribution is 14.1. The summed E-state index contributed by atoms with van der Waals surface area (Å²) in [5, 5.41) is 4.69. The fourth-order valence-corrected chi connectivity index (χ4v) is 4.28. The molecule has 0 aliphatic heterocycles. The van der Waals surface area contributed by atoms with Crippen molar-refractivity contribution < 1.29 is 4.79 Å². The minimum atomic E-state index is -0.420. The predicted molar refractivity (Wildman–Crippen MR) is 101 cm³/mol. The zero-order valence-electron chi connectivity index (χ0n) is 11.3. The summed E-state index contributed by atoms with van der Waals surface area (Å²) in [4.78, 5) is 11.8. The summed E-state index contributed by atoms with van der Waals surface area (Å²) in [7, 11) is 0. The Labute approximate surface area is 151 Å². The molecule has 1 aromatic heterocycles. The van der Waals surface area contributed by atoms with Crippen LogP contribution in [-0.4, -0.2) is 5.91 Å². The van der Waals surface area contributed by atoms with Gasteiger partial charge in [0.25, 0.3) is 0 Å². The fraction of sp³-hybridized carbons (Fsp3) is 0. The first-order valence-electron chi connectivity index (χ1n) is 6.48. The van der Waals surface area contributed by atoms with E-state index in [0.29, 0.717) is 10.6 Å². The van der Waals surface area contributed by atoms with Gasteiger partial charge in [0.2, 0.25) is 5.91 Å². The van der Waals surface area contributed by atoms with Crippen molar-refractivity contribution in [3.63, 3.8) is 0 Å². The van der Waals surface area contributed by atoms with Crippen molar-refractivity contribution in [2.24, 2.45) is 5.73 Å². The molecule has 0 bridgehead atoms. The number of rotatable bonds is 3. The van der Waals surface area contributed by atoms with Crippen molar-refractivity contribution in [3.05, 3.63) is 67.4 Å². The van der Waals surface area contributed by atoms with Crippen LogP contribution in [0.2, 0.25) is 5.02 Å². The Kier molecular flexibility index (Phi) is 4.52. The average molecular weight is 440 g/mol. The van der Waals surface area contributed by atoms with Gasteiger partial charge in [-0.1, -0.05) is 29.8 Å². The van der Waals surface area contributed by atoms with Crippen molar-refractivity contribution in [2.45, 2.75) is 0 Å². The third-order valence-corrected chi connectivity index (χ3v) is 5.39. The largest absolute Gasteiger partial charge is 0.366 e. The molecule has 0 aliphatic rings. The van der Waals surface area contributed by atoms with E-state index in [0.717, 1.165) is 25.8 Å². The van der Waals surface area contributed by atoms with Gasteiger partial charge in [0.1, 0.15) is 0 Å². The first-order valence-corrected chi connectivity index (χ1v) is 8.88. The lowest BCUT2D eigenvalue weighted by Gasteiger charge is -2.13. The van der Waals surface area contributed by atoms with Crippen LogP contribution < -0.4 is 5.73 Å². The molecule has 0 unspecified atom stereocenters. The van der Waals surface area contributed by atoms with E-state index in [2.05, 4.69) is 22.6 Å². The van der Waals surface area contributed by atoms with Crippen LogP contribution in [0.5, 0.6) is 0 Å². The van der Waals surface area contributed by atoms with Crippen LogP contribution in [0.15, 0.2) is 53.2 Å². The van der Waals surface area contributed by atoms with Crippen LogP contribution in [-0.2, 0) is 0 Å². The lowest BCUT2D eigenvalue weighted by molar-refractivity contribution is 0.100. The smallest absolute Gasteiger partial charge is 0.249 e. The Hall–Kier alpha value is -1.37. The van der Waals surface area contributed by atoms with E-state index < -0.39 is 5.91 Å². The summed E-state index contributed by atoms with van der Waals surface area (Å²) in [6.45, 7) is 0. The summed E-state index contributed by atoms with van der Waals surface area (Å²) in [6.07, 6.45) is 0.